The van der Waals surface area contributed by atoms with Crippen molar-refractivity contribution in [3.05, 3.63) is 21.6 Å². The summed E-state index contributed by atoms with van der Waals surface area (Å²) in [6, 6.07) is 0. The van der Waals surface area contributed by atoms with Gasteiger partial charge in [0.15, 0.2) is 0 Å². The molecule has 1 N–H and O–H groups in total. The number of carboxylic acids is 1. The smallest absolute Gasteiger partial charge is 0.346 e. The highest BCUT2D eigenvalue weighted by Crippen LogP contribution is 2.19. The minimum absolute atomic E-state index is 0.0810. The van der Waals surface area contributed by atoms with Crippen LogP contribution in [0, 0.1) is 12.7 Å². The van der Waals surface area contributed by atoms with Gasteiger partial charge in [-0.15, -0.1) is 11.3 Å². The molecule has 0 aliphatic carbocycles. The summed E-state index contributed by atoms with van der Waals surface area (Å²) in [6.45, 7) is 1.45. The van der Waals surface area contributed by atoms with Crippen molar-refractivity contribution >= 4 is 17.3 Å². The summed E-state index contributed by atoms with van der Waals surface area (Å²) in [5, 5.41) is 9.62. The molecule has 1 rings (SSSR count). The maximum Gasteiger partial charge on any atom is 0.346 e. The van der Waals surface area contributed by atoms with Crippen LogP contribution in [0.5, 0.6) is 0 Å². The Bertz CT molecular complexity index is 267. The Labute approximate surface area is 60.9 Å². The third-order valence-electron chi connectivity index (χ3n) is 1.17. The molecule has 10 heavy (non-hydrogen) atoms. The Morgan fingerprint density at radius 1 is 1.80 bits per heavy atom. The number of halogens is 1. The lowest BCUT2D eigenvalue weighted by Gasteiger charge is -1.87. The van der Waals surface area contributed by atoms with Gasteiger partial charge in [0, 0.05) is 10.9 Å². The molecule has 1 aromatic rings. The van der Waals surface area contributed by atoms with Crippen LogP contribution < -0.4 is 0 Å². The van der Waals surface area contributed by atoms with Gasteiger partial charge in [-0.2, -0.15) is 0 Å². The van der Waals surface area contributed by atoms with E-state index in [0.717, 1.165) is 11.3 Å². The number of hydrogen-bond donors (Lipinski definition) is 1. The third-order valence-corrected chi connectivity index (χ3v) is 2.21. The molecule has 0 saturated heterocycles. The second-order valence-corrected chi connectivity index (χ2v) is 2.72. The molecule has 1 heterocycles. The fourth-order valence-corrected chi connectivity index (χ4v) is 1.38. The zero-order chi connectivity index (χ0) is 7.72. The van der Waals surface area contributed by atoms with E-state index in [2.05, 4.69) is 0 Å². The molecule has 2 nitrogen and oxygen atoms in total. The lowest BCUT2D eigenvalue weighted by molar-refractivity contribution is 0.0701. The molecule has 0 saturated carbocycles. The molecule has 0 aromatic carbocycles. The molecular weight excluding hydrogens is 155 g/mol. The van der Waals surface area contributed by atoms with E-state index in [0.29, 0.717) is 0 Å². The van der Waals surface area contributed by atoms with Gasteiger partial charge in [-0.1, -0.05) is 0 Å². The Kier molecular flexibility index (Phi) is 1.72. The number of carbonyl (C=O) groups is 1. The van der Waals surface area contributed by atoms with Crippen LogP contribution in [0.1, 0.15) is 15.2 Å². The van der Waals surface area contributed by atoms with Crippen LogP contribution in [0.25, 0.3) is 0 Å². The highest BCUT2D eigenvalue weighted by molar-refractivity contribution is 7.12. The topological polar surface area (TPSA) is 37.3 Å². The van der Waals surface area contributed by atoms with Gasteiger partial charge in [0.05, 0.1) is 0 Å². The van der Waals surface area contributed by atoms with Crippen LogP contribution in [0.3, 0.4) is 0 Å². The number of thiophene rings is 1. The van der Waals surface area contributed by atoms with Gasteiger partial charge in [-0.25, -0.2) is 9.18 Å². The fraction of sp³-hybridized carbons (Fsp3) is 0.167. The number of rotatable bonds is 1. The molecule has 0 fully saturated rings. The van der Waals surface area contributed by atoms with Crippen LogP contribution in [-0.4, -0.2) is 11.1 Å². The van der Waals surface area contributed by atoms with Gasteiger partial charge in [0.25, 0.3) is 0 Å². The van der Waals surface area contributed by atoms with E-state index in [1.54, 1.807) is 0 Å². The van der Waals surface area contributed by atoms with Crippen molar-refractivity contribution in [1.82, 2.24) is 0 Å². The SMILES string of the molecule is Cc1c(F)csc1C(=O)O. The van der Waals surface area contributed by atoms with Crippen molar-refractivity contribution in [1.29, 1.82) is 0 Å². The molecule has 0 atom stereocenters. The van der Waals surface area contributed by atoms with Gasteiger partial charge >= 0.3 is 5.97 Å². The average Bonchev–Trinajstić information content (AvgIpc) is 2.14. The molecule has 54 valence electrons. The summed E-state index contributed by atoms with van der Waals surface area (Å²) in [6.07, 6.45) is 0. The number of carboxylic acid groups (broad SMARTS) is 1. The molecule has 4 heteroatoms. The van der Waals surface area contributed by atoms with E-state index in [9.17, 15) is 9.18 Å². The predicted octanol–water partition coefficient (Wildman–Crippen LogP) is 1.89. The van der Waals surface area contributed by atoms with E-state index in [4.69, 9.17) is 5.11 Å². The van der Waals surface area contributed by atoms with Gasteiger partial charge in [-0.05, 0) is 6.92 Å². The zero-order valence-electron chi connectivity index (χ0n) is 5.22. The first-order valence-corrected chi connectivity index (χ1v) is 3.47. The van der Waals surface area contributed by atoms with Gasteiger partial charge in [0.1, 0.15) is 10.7 Å². The average molecular weight is 160 g/mol. The first-order valence-electron chi connectivity index (χ1n) is 2.60. The highest BCUT2D eigenvalue weighted by atomic mass is 32.1. The third kappa shape index (κ3) is 1.02. The second kappa shape index (κ2) is 2.38. The minimum Gasteiger partial charge on any atom is -0.477 e. The molecule has 0 aliphatic rings. The van der Waals surface area contributed by atoms with E-state index in [-0.39, 0.29) is 10.4 Å². The summed E-state index contributed by atoms with van der Waals surface area (Å²) < 4.78 is 12.4. The van der Waals surface area contributed by atoms with E-state index in [1.165, 1.54) is 12.3 Å². The van der Waals surface area contributed by atoms with Crippen molar-refractivity contribution in [3.63, 3.8) is 0 Å². The summed E-state index contributed by atoms with van der Waals surface area (Å²) in [7, 11) is 0. The Balaban J connectivity index is 3.17. The zero-order valence-corrected chi connectivity index (χ0v) is 6.04. The summed E-state index contributed by atoms with van der Waals surface area (Å²) in [5.41, 5.74) is 0.220. The summed E-state index contributed by atoms with van der Waals surface area (Å²) in [5.74, 6) is -1.51. The fourth-order valence-electron chi connectivity index (χ4n) is 0.607. The number of aromatic carboxylic acids is 1. The minimum atomic E-state index is -1.06. The quantitative estimate of drug-likeness (QED) is 0.681. The van der Waals surface area contributed by atoms with E-state index >= 15 is 0 Å². The maximum atomic E-state index is 12.4. The van der Waals surface area contributed by atoms with Crippen molar-refractivity contribution in [2.75, 3.05) is 0 Å². The Hall–Kier alpha value is -0.900. The molecule has 0 unspecified atom stereocenters. The van der Waals surface area contributed by atoms with Gasteiger partial charge < -0.3 is 5.11 Å². The van der Waals surface area contributed by atoms with E-state index < -0.39 is 11.8 Å². The molecular formula is C6H5FO2S. The van der Waals surface area contributed by atoms with Gasteiger partial charge in [0.2, 0.25) is 0 Å². The van der Waals surface area contributed by atoms with Crippen LogP contribution in [-0.2, 0) is 0 Å². The Morgan fingerprint density at radius 3 is 2.60 bits per heavy atom. The van der Waals surface area contributed by atoms with Crippen molar-refractivity contribution in [3.8, 4) is 0 Å². The first-order chi connectivity index (χ1) is 4.63. The Morgan fingerprint density at radius 2 is 2.40 bits per heavy atom. The normalized spacial score (nSPS) is 9.80. The monoisotopic (exact) mass is 160 g/mol. The summed E-state index contributed by atoms with van der Waals surface area (Å²) in [4.78, 5) is 10.4. The molecule has 0 amide bonds. The van der Waals surface area contributed by atoms with Crippen LogP contribution in [0.4, 0.5) is 4.39 Å². The van der Waals surface area contributed by atoms with Gasteiger partial charge in [-0.3, -0.25) is 0 Å². The van der Waals surface area contributed by atoms with Crippen LogP contribution in [0.2, 0.25) is 0 Å². The standard InChI is InChI=1S/C6H5FO2S/c1-3-4(7)2-10-5(3)6(8)9/h2H,1H3,(H,8,9). The van der Waals surface area contributed by atoms with Crippen LogP contribution >= 0.6 is 11.3 Å². The molecule has 0 bridgehead atoms. The first kappa shape index (κ1) is 7.21. The summed E-state index contributed by atoms with van der Waals surface area (Å²) >= 11 is 0.910. The maximum absolute atomic E-state index is 12.4. The molecule has 0 radical (unpaired) electrons. The van der Waals surface area contributed by atoms with Crippen molar-refractivity contribution in [2.24, 2.45) is 0 Å². The highest BCUT2D eigenvalue weighted by Gasteiger charge is 2.12. The van der Waals surface area contributed by atoms with Crippen molar-refractivity contribution < 1.29 is 14.3 Å². The number of hydrogen-bond acceptors (Lipinski definition) is 2. The lowest BCUT2D eigenvalue weighted by Crippen LogP contribution is -1.94. The second-order valence-electron chi connectivity index (χ2n) is 1.84. The lowest BCUT2D eigenvalue weighted by atomic mass is 10.3. The molecule has 1 aromatic heterocycles. The van der Waals surface area contributed by atoms with Crippen LogP contribution in [0.15, 0.2) is 5.38 Å². The predicted molar refractivity (Wildman–Crippen MR) is 36.0 cm³/mol. The molecule has 0 aliphatic heterocycles. The largest absolute Gasteiger partial charge is 0.477 e. The van der Waals surface area contributed by atoms with E-state index in [1.807, 2.05) is 0 Å². The van der Waals surface area contributed by atoms with Crippen molar-refractivity contribution in [2.45, 2.75) is 6.92 Å². The molecule has 0 spiro atoms.